The Morgan fingerprint density at radius 1 is 1.19 bits per heavy atom. The molecule has 5 heteroatoms. The van der Waals surface area contributed by atoms with Crippen LogP contribution in [0.15, 0.2) is 42.6 Å². The average Bonchev–Trinajstić information content (AvgIpc) is 2.53. The van der Waals surface area contributed by atoms with Gasteiger partial charge in [0.1, 0.15) is 5.82 Å². The number of nitrogens with zero attached hydrogens (tertiary/aromatic N) is 2. The normalized spacial score (nSPS) is 10.2. The first-order valence-corrected chi connectivity index (χ1v) is 6.70. The number of anilines is 1. The first-order chi connectivity index (χ1) is 10.1. The molecule has 0 saturated carbocycles. The van der Waals surface area contributed by atoms with Gasteiger partial charge in [0, 0.05) is 32.4 Å². The van der Waals surface area contributed by atoms with Crippen LogP contribution in [0.25, 0.3) is 0 Å². The van der Waals surface area contributed by atoms with Gasteiger partial charge >= 0.3 is 0 Å². The third-order valence-electron chi connectivity index (χ3n) is 3.12. The molecule has 2 rings (SSSR count). The molecule has 0 saturated heterocycles. The van der Waals surface area contributed by atoms with Crippen LogP contribution in [-0.2, 0) is 13.2 Å². The van der Waals surface area contributed by atoms with Crippen LogP contribution in [0.3, 0.4) is 0 Å². The van der Waals surface area contributed by atoms with Crippen LogP contribution in [0, 0.1) is 0 Å². The lowest BCUT2D eigenvalue weighted by Crippen LogP contribution is -2.23. The molecule has 21 heavy (non-hydrogen) atoms. The summed E-state index contributed by atoms with van der Waals surface area (Å²) in [7, 11) is 3.76. The SMILES string of the molecule is CN(C)c1cc(C(=O)NCc2ccc(CO)cc2)ccn1. The maximum absolute atomic E-state index is 12.1. The first kappa shape index (κ1) is 15.0. The molecule has 0 fully saturated rings. The fraction of sp³-hybridized carbons (Fsp3) is 0.250. The second-order valence-corrected chi connectivity index (χ2v) is 4.95. The molecule has 2 aromatic rings. The predicted molar refractivity (Wildman–Crippen MR) is 82.1 cm³/mol. The Bertz CT molecular complexity index is 609. The number of carbonyl (C=O) groups excluding carboxylic acids is 1. The molecule has 0 radical (unpaired) electrons. The monoisotopic (exact) mass is 285 g/mol. The van der Waals surface area contributed by atoms with Crippen LogP contribution in [0.1, 0.15) is 21.5 Å². The second kappa shape index (κ2) is 6.85. The van der Waals surface area contributed by atoms with Gasteiger partial charge in [-0.25, -0.2) is 4.98 Å². The van der Waals surface area contributed by atoms with Crippen LogP contribution in [0.5, 0.6) is 0 Å². The summed E-state index contributed by atoms with van der Waals surface area (Å²) in [5.41, 5.74) is 2.43. The minimum absolute atomic E-state index is 0.0248. The number of amides is 1. The first-order valence-electron chi connectivity index (χ1n) is 6.70. The smallest absolute Gasteiger partial charge is 0.251 e. The lowest BCUT2D eigenvalue weighted by molar-refractivity contribution is 0.0951. The van der Waals surface area contributed by atoms with E-state index in [1.807, 2.05) is 43.3 Å². The standard InChI is InChI=1S/C16H19N3O2/c1-19(2)15-9-14(7-8-17-15)16(21)18-10-12-3-5-13(11-20)6-4-12/h3-9,20H,10-11H2,1-2H3,(H,18,21). The maximum atomic E-state index is 12.1. The van der Waals surface area contributed by atoms with Crippen LogP contribution >= 0.6 is 0 Å². The topological polar surface area (TPSA) is 65.5 Å². The van der Waals surface area contributed by atoms with Gasteiger partial charge in [-0.05, 0) is 23.3 Å². The predicted octanol–water partition coefficient (Wildman–Crippen LogP) is 1.57. The number of hydrogen-bond acceptors (Lipinski definition) is 4. The van der Waals surface area contributed by atoms with Crippen molar-refractivity contribution in [1.29, 1.82) is 0 Å². The molecule has 1 amide bonds. The summed E-state index contributed by atoms with van der Waals surface area (Å²) in [5, 5.41) is 11.9. The molecular formula is C16H19N3O2. The summed E-state index contributed by atoms with van der Waals surface area (Å²) < 4.78 is 0. The van der Waals surface area contributed by atoms with E-state index < -0.39 is 0 Å². The molecule has 0 aliphatic heterocycles. The Morgan fingerprint density at radius 2 is 1.86 bits per heavy atom. The van der Waals surface area contributed by atoms with Gasteiger partial charge in [-0.1, -0.05) is 24.3 Å². The van der Waals surface area contributed by atoms with Gasteiger partial charge in [0.2, 0.25) is 0 Å². The van der Waals surface area contributed by atoms with Crippen molar-refractivity contribution in [3.05, 3.63) is 59.3 Å². The van der Waals surface area contributed by atoms with Crippen LogP contribution < -0.4 is 10.2 Å². The molecule has 0 atom stereocenters. The minimum Gasteiger partial charge on any atom is -0.392 e. The van der Waals surface area contributed by atoms with Crippen molar-refractivity contribution in [1.82, 2.24) is 10.3 Å². The van der Waals surface area contributed by atoms with Gasteiger partial charge < -0.3 is 15.3 Å². The van der Waals surface area contributed by atoms with Crippen molar-refractivity contribution in [2.45, 2.75) is 13.2 Å². The molecule has 2 N–H and O–H groups in total. The summed E-state index contributed by atoms with van der Waals surface area (Å²) in [6, 6.07) is 10.9. The molecular weight excluding hydrogens is 266 g/mol. The van der Waals surface area contributed by atoms with Gasteiger partial charge in [-0.15, -0.1) is 0 Å². The molecule has 1 heterocycles. The van der Waals surface area contributed by atoms with E-state index in [4.69, 9.17) is 5.11 Å². The minimum atomic E-state index is -0.133. The van der Waals surface area contributed by atoms with E-state index in [-0.39, 0.29) is 12.5 Å². The van der Waals surface area contributed by atoms with Crippen molar-refractivity contribution >= 4 is 11.7 Å². The quantitative estimate of drug-likeness (QED) is 0.875. The molecule has 0 spiro atoms. The molecule has 0 bridgehead atoms. The molecule has 1 aromatic carbocycles. The van der Waals surface area contributed by atoms with Crippen molar-refractivity contribution in [2.24, 2.45) is 0 Å². The number of rotatable bonds is 5. The number of aliphatic hydroxyl groups is 1. The summed E-state index contributed by atoms with van der Waals surface area (Å²) in [4.78, 5) is 18.2. The number of carbonyl (C=O) groups is 1. The fourth-order valence-corrected chi connectivity index (χ4v) is 1.85. The summed E-state index contributed by atoms with van der Waals surface area (Å²) in [5.74, 6) is 0.613. The van der Waals surface area contributed by atoms with Crippen molar-refractivity contribution in [3.8, 4) is 0 Å². The van der Waals surface area contributed by atoms with Gasteiger partial charge in [0.25, 0.3) is 5.91 Å². The van der Waals surface area contributed by atoms with E-state index >= 15 is 0 Å². The Kier molecular flexibility index (Phi) is 4.90. The molecule has 0 aliphatic carbocycles. The highest BCUT2D eigenvalue weighted by Crippen LogP contribution is 2.10. The molecule has 0 aliphatic rings. The third kappa shape index (κ3) is 4.03. The van der Waals surface area contributed by atoms with Crippen molar-refractivity contribution in [2.75, 3.05) is 19.0 Å². The van der Waals surface area contributed by atoms with E-state index in [0.717, 1.165) is 16.9 Å². The van der Waals surface area contributed by atoms with Crippen molar-refractivity contribution in [3.63, 3.8) is 0 Å². The zero-order valence-corrected chi connectivity index (χ0v) is 12.2. The van der Waals surface area contributed by atoms with Gasteiger partial charge in [-0.2, -0.15) is 0 Å². The highest BCUT2D eigenvalue weighted by molar-refractivity contribution is 5.94. The molecule has 110 valence electrons. The lowest BCUT2D eigenvalue weighted by Gasteiger charge is -2.12. The average molecular weight is 285 g/mol. The Hall–Kier alpha value is -2.40. The van der Waals surface area contributed by atoms with Gasteiger partial charge in [-0.3, -0.25) is 4.79 Å². The van der Waals surface area contributed by atoms with Gasteiger partial charge in [0.15, 0.2) is 0 Å². The zero-order valence-electron chi connectivity index (χ0n) is 12.2. The highest BCUT2D eigenvalue weighted by atomic mass is 16.3. The number of pyridine rings is 1. The van der Waals surface area contributed by atoms with E-state index in [1.165, 1.54) is 0 Å². The Balaban J connectivity index is 1.99. The maximum Gasteiger partial charge on any atom is 0.251 e. The second-order valence-electron chi connectivity index (χ2n) is 4.95. The Labute approximate surface area is 124 Å². The molecule has 0 unspecified atom stereocenters. The zero-order chi connectivity index (χ0) is 15.2. The summed E-state index contributed by atoms with van der Waals surface area (Å²) in [6.07, 6.45) is 1.63. The number of aromatic nitrogens is 1. The number of aliphatic hydroxyl groups excluding tert-OH is 1. The van der Waals surface area contributed by atoms with E-state index in [1.54, 1.807) is 18.3 Å². The van der Waals surface area contributed by atoms with Gasteiger partial charge in [0.05, 0.1) is 6.61 Å². The van der Waals surface area contributed by atoms with Crippen LogP contribution in [0.4, 0.5) is 5.82 Å². The fourth-order valence-electron chi connectivity index (χ4n) is 1.85. The van der Waals surface area contributed by atoms with E-state index in [9.17, 15) is 4.79 Å². The molecule has 1 aromatic heterocycles. The molecule has 5 nitrogen and oxygen atoms in total. The van der Waals surface area contributed by atoms with Crippen LogP contribution in [0.2, 0.25) is 0 Å². The van der Waals surface area contributed by atoms with Crippen molar-refractivity contribution < 1.29 is 9.90 Å². The largest absolute Gasteiger partial charge is 0.392 e. The highest BCUT2D eigenvalue weighted by Gasteiger charge is 2.07. The van der Waals surface area contributed by atoms with E-state index in [0.29, 0.717) is 12.1 Å². The summed E-state index contributed by atoms with van der Waals surface area (Å²) >= 11 is 0. The third-order valence-corrected chi connectivity index (χ3v) is 3.12. The number of benzene rings is 1. The number of hydrogen-bond donors (Lipinski definition) is 2. The van der Waals surface area contributed by atoms with Crippen LogP contribution in [-0.4, -0.2) is 30.1 Å². The summed E-state index contributed by atoms with van der Waals surface area (Å²) in [6.45, 7) is 0.473. The lowest BCUT2D eigenvalue weighted by atomic mass is 10.1. The Morgan fingerprint density at radius 3 is 2.48 bits per heavy atom. The number of nitrogens with one attached hydrogen (secondary N) is 1. The van der Waals surface area contributed by atoms with E-state index in [2.05, 4.69) is 10.3 Å².